The second-order valence-electron chi connectivity index (χ2n) is 5.16. The van der Waals surface area contributed by atoms with Crippen LogP contribution in [-0.2, 0) is 6.54 Å². The maximum atomic E-state index is 9.78. The van der Waals surface area contributed by atoms with E-state index in [-0.39, 0.29) is 12.6 Å². The number of rotatable bonds is 6. The number of aryl methyl sites for hydroxylation is 2. The van der Waals surface area contributed by atoms with Crippen LogP contribution in [-0.4, -0.2) is 38.7 Å². The molecular weight excluding hydrogens is 230 g/mol. The van der Waals surface area contributed by atoms with E-state index in [1.165, 1.54) is 5.56 Å². The van der Waals surface area contributed by atoms with Crippen molar-refractivity contribution in [3.8, 4) is 0 Å². The van der Waals surface area contributed by atoms with Gasteiger partial charge in [-0.1, -0.05) is 0 Å². The van der Waals surface area contributed by atoms with Crippen LogP contribution in [0.25, 0.3) is 0 Å². The van der Waals surface area contributed by atoms with Gasteiger partial charge in [0.25, 0.3) is 0 Å². The number of nitrogens with zero attached hydrogens (tertiary/aromatic N) is 2. The molecule has 104 valence electrons. The minimum atomic E-state index is -1.09. The van der Waals surface area contributed by atoms with Crippen LogP contribution in [0.5, 0.6) is 0 Å². The lowest BCUT2D eigenvalue weighted by Gasteiger charge is -2.24. The van der Waals surface area contributed by atoms with Crippen molar-refractivity contribution in [2.75, 3.05) is 13.2 Å². The average Bonchev–Trinajstić information content (AvgIpc) is 2.61. The van der Waals surface area contributed by atoms with E-state index in [4.69, 9.17) is 5.11 Å². The third-order valence-corrected chi connectivity index (χ3v) is 3.30. The second kappa shape index (κ2) is 5.82. The highest BCUT2D eigenvalue weighted by molar-refractivity contribution is 5.27. The lowest BCUT2D eigenvalue weighted by Crippen LogP contribution is -2.41. The van der Waals surface area contributed by atoms with Gasteiger partial charge in [0.15, 0.2) is 0 Å². The molecule has 0 aliphatic rings. The van der Waals surface area contributed by atoms with E-state index in [2.05, 4.69) is 24.3 Å². The van der Waals surface area contributed by atoms with Crippen molar-refractivity contribution < 1.29 is 10.2 Å². The smallest absolute Gasteiger partial charge is 0.0973 e. The zero-order valence-electron chi connectivity index (χ0n) is 12.0. The van der Waals surface area contributed by atoms with E-state index in [1.54, 1.807) is 6.92 Å². The third kappa shape index (κ3) is 3.31. The molecule has 1 aromatic heterocycles. The fourth-order valence-electron chi connectivity index (χ4n) is 2.18. The summed E-state index contributed by atoms with van der Waals surface area (Å²) in [5, 5.41) is 26.5. The summed E-state index contributed by atoms with van der Waals surface area (Å²) in [6, 6.07) is 0.100. The molecule has 5 nitrogen and oxygen atoms in total. The molecule has 0 amide bonds. The van der Waals surface area contributed by atoms with E-state index >= 15 is 0 Å². The molecule has 3 N–H and O–H groups in total. The Morgan fingerprint density at radius 3 is 2.50 bits per heavy atom. The van der Waals surface area contributed by atoms with Gasteiger partial charge in [-0.3, -0.25) is 4.68 Å². The average molecular weight is 255 g/mol. The van der Waals surface area contributed by atoms with Crippen molar-refractivity contribution in [1.29, 1.82) is 0 Å². The minimum Gasteiger partial charge on any atom is -0.393 e. The van der Waals surface area contributed by atoms with Crippen LogP contribution in [0.3, 0.4) is 0 Å². The number of aromatic nitrogens is 2. The summed E-state index contributed by atoms with van der Waals surface area (Å²) >= 11 is 0. The monoisotopic (exact) mass is 255 g/mol. The van der Waals surface area contributed by atoms with E-state index < -0.39 is 5.60 Å². The SMILES string of the molecule is CCn1nc(C)c(C(C)NCC(C)(O)CO)c1C. The molecule has 0 bridgehead atoms. The molecule has 0 aliphatic heterocycles. The molecule has 2 unspecified atom stereocenters. The first-order valence-electron chi connectivity index (χ1n) is 6.43. The standard InChI is InChI=1S/C13H25N3O2/c1-6-16-11(4)12(10(3)15-16)9(2)14-7-13(5,18)8-17/h9,14,17-18H,6-8H2,1-5H3. The van der Waals surface area contributed by atoms with Crippen LogP contribution in [0.15, 0.2) is 0 Å². The van der Waals surface area contributed by atoms with E-state index in [1.807, 2.05) is 18.5 Å². The molecule has 1 rings (SSSR count). The topological polar surface area (TPSA) is 70.3 Å². The van der Waals surface area contributed by atoms with Crippen LogP contribution >= 0.6 is 0 Å². The summed E-state index contributed by atoms with van der Waals surface area (Å²) in [6.45, 7) is 10.7. The van der Waals surface area contributed by atoms with Crippen molar-refractivity contribution in [3.05, 3.63) is 17.0 Å². The van der Waals surface area contributed by atoms with Crippen molar-refractivity contribution in [2.45, 2.75) is 52.8 Å². The van der Waals surface area contributed by atoms with E-state index in [0.717, 1.165) is 17.9 Å². The molecule has 0 saturated carbocycles. The maximum absolute atomic E-state index is 9.78. The summed E-state index contributed by atoms with van der Waals surface area (Å²) in [5.41, 5.74) is 2.25. The Hall–Kier alpha value is -0.910. The Labute approximate surface area is 109 Å². The predicted octanol–water partition coefficient (Wildman–Crippen LogP) is 0.914. The first-order chi connectivity index (χ1) is 8.32. The minimum absolute atomic E-state index is 0.100. The first-order valence-corrected chi connectivity index (χ1v) is 6.43. The Morgan fingerprint density at radius 1 is 1.44 bits per heavy atom. The Morgan fingerprint density at radius 2 is 2.06 bits per heavy atom. The van der Waals surface area contributed by atoms with Crippen molar-refractivity contribution >= 4 is 0 Å². The van der Waals surface area contributed by atoms with E-state index in [9.17, 15) is 5.11 Å². The van der Waals surface area contributed by atoms with Crippen LogP contribution in [0, 0.1) is 13.8 Å². The Bertz CT molecular complexity index is 399. The molecule has 2 atom stereocenters. The molecule has 1 heterocycles. The van der Waals surface area contributed by atoms with Crippen LogP contribution < -0.4 is 5.32 Å². The normalized spacial score (nSPS) is 16.6. The summed E-state index contributed by atoms with van der Waals surface area (Å²) < 4.78 is 1.98. The molecule has 0 fully saturated rings. The quantitative estimate of drug-likeness (QED) is 0.707. The summed E-state index contributed by atoms with van der Waals surface area (Å²) in [4.78, 5) is 0. The first kappa shape index (κ1) is 15.1. The van der Waals surface area contributed by atoms with Gasteiger partial charge >= 0.3 is 0 Å². The zero-order valence-corrected chi connectivity index (χ0v) is 12.0. The number of hydrogen-bond donors (Lipinski definition) is 3. The molecule has 1 aromatic rings. The largest absolute Gasteiger partial charge is 0.393 e. The second-order valence-corrected chi connectivity index (χ2v) is 5.16. The zero-order chi connectivity index (χ0) is 13.9. The van der Waals surface area contributed by atoms with Crippen molar-refractivity contribution in [3.63, 3.8) is 0 Å². The summed E-state index contributed by atoms with van der Waals surface area (Å²) in [6.07, 6.45) is 0. The van der Waals surface area contributed by atoms with Gasteiger partial charge in [0.1, 0.15) is 0 Å². The number of aliphatic hydroxyl groups excluding tert-OH is 1. The highest BCUT2D eigenvalue weighted by Gasteiger charge is 2.22. The van der Waals surface area contributed by atoms with Gasteiger partial charge in [0.05, 0.1) is 17.9 Å². The van der Waals surface area contributed by atoms with Gasteiger partial charge in [-0.2, -0.15) is 5.10 Å². The lowest BCUT2D eigenvalue weighted by molar-refractivity contribution is 0.00103. The van der Waals surface area contributed by atoms with Gasteiger partial charge in [0.2, 0.25) is 0 Å². The highest BCUT2D eigenvalue weighted by atomic mass is 16.3. The Balaban J connectivity index is 2.79. The lowest BCUT2D eigenvalue weighted by atomic mass is 10.0. The highest BCUT2D eigenvalue weighted by Crippen LogP contribution is 2.21. The molecule has 0 aliphatic carbocycles. The van der Waals surface area contributed by atoms with Gasteiger partial charge < -0.3 is 15.5 Å². The van der Waals surface area contributed by atoms with Gasteiger partial charge in [-0.05, 0) is 34.6 Å². The number of aliphatic hydroxyl groups is 2. The van der Waals surface area contributed by atoms with Crippen molar-refractivity contribution in [2.24, 2.45) is 0 Å². The molecule has 0 saturated heterocycles. The number of nitrogens with one attached hydrogen (secondary N) is 1. The number of hydrogen-bond acceptors (Lipinski definition) is 4. The molecule has 0 radical (unpaired) electrons. The van der Waals surface area contributed by atoms with Crippen LogP contribution in [0.2, 0.25) is 0 Å². The van der Waals surface area contributed by atoms with Crippen molar-refractivity contribution in [1.82, 2.24) is 15.1 Å². The van der Waals surface area contributed by atoms with E-state index in [0.29, 0.717) is 6.54 Å². The van der Waals surface area contributed by atoms with Crippen LogP contribution in [0.1, 0.15) is 43.8 Å². The molecule has 0 aromatic carbocycles. The molecule has 0 spiro atoms. The van der Waals surface area contributed by atoms with Gasteiger partial charge in [0, 0.05) is 30.4 Å². The molecule has 18 heavy (non-hydrogen) atoms. The van der Waals surface area contributed by atoms with Gasteiger partial charge in [-0.15, -0.1) is 0 Å². The summed E-state index contributed by atoms with van der Waals surface area (Å²) in [5.74, 6) is 0. The van der Waals surface area contributed by atoms with Gasteiger partial charge in [-0.25, -0.2) is 0 Å². The fourth-order valence-corrected chi connectivity index (χ4v) is 2.18. The third-order valence-electron chi connectivity index (χ3n) is 3.30. The summed E-state index contributed by atoms with van der Waals surface area (Å²) in [7, 11) is 0. The maximum Gasteiger partial charge on any atom is 0.0973 e. The fraction of sp³-hybridized carbons (Fsp3) is 0.769. The molecular formula is C13H25N3O2. The Kier molecular flexibility index (Phi) is 4.90. The molecule has 5 heteroatoms. The predicted molar refractivity (Wildman–Crippen MR) is 71.5 cm³/mol. The van der Waals surface area contributed by atoms with Crippen LogP contribution in [0.4, 0.5) is 0 Å².